The number of hydrogen-bond acceptors (Lipinski definition) is 5. The van der Waals surface area contributed by atoms with Crippen molar-refractivity contribution < 1.29 is 27.4 Å². The second kappa shape index (κ2) is 7.53. The fourth-order valence-electron chi connectivity index (χ4n) is 2.70. The van der Waals surface area contributed by atoms with E-state index in [0.717, 1.165) is 12.1 Å². The third-order valence-electron chi connectivity index (χ3n) is 3.92. The number of nitrogens with zero attached hydrogens (tertiary/aromatic N) is 3. The molecule has 0 radical (unpaired) electrons. The predicted octanol–water partition coefficient (Wildman–Crippen LogP) is 3.15. The Morgan fingerprint density at radius 1 is 1.26 bits per heavy atom. The molecule has 1 atom stereocenters. The van der Waals surface area contributed by atoms with Crippen molar-refractivity contribution in [3.05, 3.63) is 53.7 Å². The lowest BCUT2D eigenvalue weighted by Crippen LogP contribution is -2.31. The van der Waals surface area contributed by atoms with Gasteiger partial charge in [0.15, 0.2) is 0 Å². The highest BCUT2D eigenvalue weighted by Crippen LogP contribution is 2.24. The number of carbonyl (C=O) groups excluding carboxylic acids is 1. The van der Waals surface area contributed by atoms with Crippen LogP contribution in [0.3, 0.4) is 0 Å². The van der Waals surface area contributed by atoms with Gasteiger partial charge in [0.05, 0.1) is 18.2 Å². The maximum Gasteiger partial charge on any atom is 0.573 e. The Kier molecular flexibility index (Phi) is 5.16. The molecule has 0 saturated carbocycles. The minimum Gasteiger partial charge on any atom is -0.472 e. The molecule has 0 N–H and O–H groups in total. The lowest BCUT2D eigenvalue weighted by atomic mass is 10.2. The molecule has 1 aliphatic rings. The lowest BCUT2D eigenvalue weighted by molar-refractivity contribution is -0.274. The highest BCUT2D eigenvalue weighted by molar-refractivity contribution is 5.94. The Labute approximate surface area is 152 Å². The SMILES string of the molecule is N#Cc1ccnc(OC2CCN(C(=O)c3ccc(OC(F)(F)F)cc3)C2)c1. The number of pyridine rings is 1. The number of aromatic nitrogens is 1. The molecule has 2 aromatic rings. The number of benzene rings is 1. The van der Waals surface area contributed by atoms with E-state index in [0.29, 0.717) is 31.0 Å². The van der Waals surface area contributed by atoms with E-state index in [2.05, 4.69) is 9.72 Å². The Balaban J connectivity index is 1.59. The predicted molar refractivity (Wildman–Crippen MR) is 87.0 cm³/mol. The summed E-state index contributed by atoms with van der Waals surface area (Å²) in [6, 6.07) is 9.84. The van der Waals surface area contributed by atoms with E-state index >= 15 is 0 Å². The molecule has 1 unspecified atom stereocenters. The molecule has 1 aromatic carbocycles. The van der Waals surface area contributed by atoms with Crippen LogP contribution in [0.1, 0.15) is 22.3 Å². The molecule has 0 aliphatic carbocycles. The average molecular weight is 377 g/mol. The number of ether oxygens (including phenoxy) is 2. The Bertz CT molecular complexity index is 863. The van der Waals surface area contributed by atoms with Crippen LogP contribution < -0.4 is 9.47 Å². The number of amides is 1. The lowest BCUT2D eigenvalue weighted by Gasteiger charge is -2.17. The summed E-state index contributed by atoms with van der Waals surface area (Å²) in [6.45, 7) is 0.764. The molecule has 1 amide bonds. The molecule has 1 aromatic heterocycles. The van der Waals surface area contributed by atoms with E-state index in [-0.39, 0.29) is 23.3 Å². The van der Waals surface area contributed by atoms with Gasteiger partial charge in [0.1, 0.15) is 11.9 Å². The third kappa shape index (κ3) is 4.88. The second-order valence-corrected chi connectivity index (χ2v) is 5.85. The zero-order valence-corrected chi connectivity index (χ0v) is 13.9. The van der Waals surface area contributed by atoms with Crippen LogP contribution in [0.4, 0.5) is 13.2 Å². The molecule has 1 aliphatic heterocycles. The van der Waals surface area contributed by atoms with E-state index < -0.39 is 6.36 Å². The summed E-state index contributed by atoms with van der Waals surface area (Å²) < 4.78 is 46.0. The van der Waals surface area contributed by atoms with Crippen LogP contribution in [0.15, 0.2) is 42.6 Å². The fourth-order valence-corrected chi connectivity index (χ4v) is 2.70. The molecule has 0 spiro atoms. The number of likely N-dealkylation sites (tertiary alicyclic amines) is 1. The standard InChI is InChI=1S/C18H14F3N3O3/c19-18(20,21)27-14-3-1-13(2-4-14)17(25)24-8-6-15(11-24)26-16-9-12(10-22)5-7-23-16/h1-5,7,9,15H,6,8,11H2. The summed E-state index contributed by atoms with van der Waals surface area (Å²) in [5.74, 6) is -0.384. The van der Waals surface area contributed by atoms with Gasteiger partial charge in [-0.25, -0.2) is 4.98 Å². The highest BCUT2D eigenvalue weighted by Gasteiger charge is 2.32. The van der Waals surface area contributed by atoms with E-state index in [1.807, 2.05) is 6.07 Å². The maximum absolute atomic E-state index is 12.5. The van der Waals surface area contributed by atoms with Crippen molar-refractivity contribution in [3.8, 4) is 17.7 Å². The number of hydrogen-bond donors (Lipinski definition) is 0. The molecule has 0 bridgehead atoms. The second-order valence-electron chi connectivity index (χ2n) is 5.85. The third-order valence-corrected chi connectivity index (χ3v) is 3.92. The number of halogens is 3. The molecule has 1 saturated heterocycles. The van der Waals surface area contributed by atoms with Crippen molar-refractivity contribution in [1.29, 1.82) is 5.26 Å². The van der Waals surface area contributed by atoms with Crippen molar-refractivity contribution in [1.82, 2.24) is 9.88 Å². The molecular formula is C18H14F3N3O3. The van der Waals surface area contributed by atoms with Crippen LogP contribution in [-0.2, 0) is 0 Å². The largest absolute Gasteiger partial charge is 0.573 e. The van der Waals surface area contributed by atoms with Crippen LogP contribution >= 0.6 is 0 Å². The zero-order chi connectivity index (χ0) is 19.4. The van der Waals surface area contributed by atoms with E-state index in [4.69, 9.17) is 10.00 Å². The Morgan fingerprint density at radius 2 is 2.00 bits per heavy atom. The summed E-state index contributed by atoms with van der Waals surface area (Å²) in [4.78, 5) is 18.1. The first-order chi connectivity index (χ1) is 12.8. The van der Waals surface area contributed by atoms with Crippen LogP contribution in [-0.4, -0.2) is 41.3 Å². The van der Waals surface area contributed by atoms with E-state index in [1.54, 1.807) is 11.0 Å². The van der Waals surface area contributed by atoms with Crippen molar-refractivity contribution in [2.24, 2.45) is 0 Å². The van der Waals surface area contributed by atoms with Gasteiger partial charge >= 0.3 is 6.36 Å². The summed E-state index contributed by atoms with van der Waals surface area (Å²) in [5.41, 5.74) is 0.682. The maximum atomic E-state index is 12.5. The molecule has 2 heterocycles. The van der Waals surface area contributed by atoms with Gasteiger partial charge in [-0.3, -0.25) is 4.79 Å². The molecular weight excluding hydrogens is 363 g/mol. The molecule has 3 rings (SSSR count). The average Bonchev–Trinajstić information content (AvgIpc) is 3.09. The topological polar surface area (TPSA) is 75.5 Å². The zero-order valence-electron chi connectivity index (χ0n) is 13.9. The molecule has 1 fully saturated rings. The van der Waals surface area contributed by atoms with Crippen LogP contribution in [0.2, 0.25) is 0 Å². The van der Waals surface area contributed by atoms with Crippen LogP contribution in [0.5, 0.6) is 11.6 Å². The van der Waals surface area contributed by atoms with Gasteiger partial charge in [0, 0.05) is 30.8 Å². The molecule has 6 nitrogen and oxygen atoms in total. The van der Waals surface area contributed by atoms with Gasteiger partial charge in [0.25, 0.3) is 5.91 Å². The fraction of sp³-hybridized carbons (Fsp3) is 0.278. The van der Waals surface area contributed by atoms with Gasteiger partial charge in [-0.2, -0.15) is 5.26 Å². The number of alkyl halides is 3. The van der Waals surface area contributed by atoms with Crippen molar-refractivity contribution in [2.45, 2.75) is 18.9 Å². The van der Waals surface area contributed by atoms with Gasteiger partial charge in [-0.15, -0.1) is 13.2 Å². The summed E-state index contributed by atoms with van der Waals surface area (Å²) >= 11 is 0. The Hall–Kier alpha value is -3.28. The Morgan fingerprint density at radius 3 is 2.67 bits per heavy atom. The van der Waals surface area contributed by atoms with Gasteiger partial charge in [-0.1, -0.05) is 0 Å². The minimum absolute atomic E-state index is 0.259. The van der Waals surface area contributed by atoms with E-state index in [1.165, 1.54) is 24.4 Å². The van der Waals surface area contributed by atoms with Gasteiger partial charge in [0.2, 0.25) is 5.88 Å². The van der Waals surface area contributed by atoms with Gasteiger partial charge < -0.3 is 14.4 Å². The monoisotopic (exact) mass is 377 g/mol. The molecule has 27 heavy (non-hydrogen) atoms. The smallest absolute Gasteiger partial charge is 0.472 e. The highest BCUT2D eigenvalue weighted by atomic mass is 19.4. The van der Waals surface area contributed by atoms with Crippen molar-refractivity contribution >= 4 is 5.91 Å². The first-order valence-electron chi connectivity index (χ1n) is 8.02. The minimum atomic E-state index is -4.78. The summed E-state index contributed by atoms with van der Waals surface area (Å²) in [5, 5.41) is 8.89. The number of nitriles is 1. The summed E-state index contributed by atoms with van der Waals surface area (Å²) in [6.07, 6.45) is -3.00. The molecule has 9 heteroatoms. The number of rotatable bonds is 4. The van der Waals surface area contributed by atoms with Gasteiger partial charge in [-0.05, 0) is 30.3 Å². The first kappa shape index (κ1) is 18.5. The normalized spacial score (nSPS) is 16.7. The van der Waals surface area contributed by atoms with Crippen LogP contribution in [0, 0.1) is 11.3 Å². The van der Waals surface area contributed by atoms with E-state index in [9.17, 15) is 18.0 Å². The number of carbonyl (C=O) groups is 1. The van der Waals surface area contributed by atoms with Crippen molar-refractivity contribution in [3.63, 3.8) is 0 Å². The molecule has 140 valence electrons. The van der Waals surface area contributed by atoms with Crippen molar-refractivity contribution in [2.75, 3.05) is 13.1 Å². The van der Waals surface area contributed by atoms with Crippen LogP contribution in [0.25, 0.3) is 0 Å². The first-order valence-corrected chi connectivity index (χ1v) is 8.02. The summed E-state index contributed by atoms with van der Waals surface area (Å²) in [7, 11) is 0. The quantitative estimate of drug-likeness (QED) is 0.818.